The van der Waals surface area contributed by atoms with Gasteiger partial charge in [-0.05, 0) is 60.5 Å². The molecule has 0 unspecified atom stereocenters. The zero-order valence-corrected chi connectivity index (χ0v) is 25.1. The second-order valence-electron chi connectivity index (χ2n) is 11.4. The summed E-state index contributed by atoms with van der Waals surface area (Å²) in [6.07, 6.45) is -2.42. The third-order valence-electron chi connectivity index (χ3n) is 7.85. The Morgan fingerprint density at radius 2 is 1.91 bits per heavy atom. The van der Waals surface area contributed by atoms with Gasteiger partial charge in [0, 0.05) is 24.0 Å². The lowest BCUT2D eigenvalue weighted by atomic mass is 9.89. The molecule has 3 heterocycles. The molecule has 0 radical (unpaired) electrons. The van der Waals surface area contributed by atoms with Gasteiger partial charge >= 0.3 is 17.8 Å². The zero-order chi connectivity index (χ0) is 32.5. The number of halogens is 3. The Morgan fingerprint density at radius 1 is 1.13 bits per heavy atom. The summed E-state index contributed by atoms with van der Waals surface area (Å²) < 4.78 is 47.9. The van der Waals surface area contributed by atoms with Gasteiger partial charge in [-0.1, -0.05) is 18.2 Å². The van der Waals surface area contributed by atoms with Crippen molar-refractivity contribution in [2.45, 2.75) is 32.1 Å². The molecule has 0 fully saturated rings. The highest BCUT2D eigenvalue weighted by molar-refractivity contribution is 5.93. The van der Waals surface area contributed by atoms with Crippen LogP contribution in [0.3, 0.4) is 0 Å². The van der Waals surface area contributed by atoms with Crippen molar-refractivity contribution in [1.29, 1.82) is 5.26 Å². The van der Waals surface area contributed by atoms with Gasteiger partial charge in [0.1, 0.15) is 12.6 Å². The van der Waals surface area contributed by atoms with Gasteiger partial charge < -0.3 is 9.22 Å². The van der Waals surface area contributed by atoms with Crippen LogP contribution in [0.2, 0.25) is 0 Å². The number of methoxy groups -OCH3 is 1. The van der Waals surface area contributed by atoms with Crippen molar-refractivity contribution >= 4 is 17.6 Å². The highest BCUT2D eigenvalue weighted by atomic mass is 19.4. The number of nitriles is 1. The summed E-state index contributed by atoms with van der Waals surface area (Å²) in [5, 5.41) is 16.3. The quantitative estimate of drug-likeness (QED) is 0.221. The highest BCUT2D eigenvalue weighted by Gasteiger charge is 2.41. The summed E-state index contributed by atoms with van der Waals surface area (Å²) >= 11 is 0. The van der Waals surface area contributed by atoms with E-state index >= 15 is 0 Å². The number of ether oxygens (including phenoxy) is 1. The predicted octanol–water partition coefficient (Wildman–Crippen LogP) is 4.86. The number of carbonyl (C=O) groups is 1. The van der Waals surface area contributed by atoms with Gasteiger partial charge in [0.25, 0.3) is 0 Å². The molecule has 2 aromatic carbocycles. The van der Waals surface area contributed by atoms with Crippen LogP contribution in [0, 0.1) is 11.3 Å². The molecule has 2 aromatic heterocycles. The standard InChI is InChI=1S/C32H30F3N7O3/c1-20-27(29(43)45-4)28(41-30(38-39-31(41)44)40(20)25-10-7-8-23(17-25)32(33,34)35)26-12-11-21(18-36)16-22(26)13-15-42(2,3)19-24-9-5-6-14-37-24/h5-12,14,16-17,28H,13,15,19H2,1-4H3/p+1/t28-/m1/s1. The number of hydrogen-bond acceptors (Lipinski definition) is 7. The Labute approximate surface area is 257 Å². The van der Waals surface area contributed by atoms with Crippen molar-refractivity contribution in [3.8, 4) is 6.07 Å². The van der Waals surface area contributed by atoms with E-state index in [0.717, 1.165) is 17.8 Å². The number of likely N-dealkylation sites (N-methyl/N-ethyl adjacent to an activating group) is 1. The first-order chi connectivity index (χ1) is 21.3. The predicted molar refractivity (Wildman–Crippen MR) is 159 cm³/mol. The number of carbonyl (C=O) groups excluding carboxylic acids is 1. The van der Waals surface area contributed by atoms with Crippen molar-refractivity contribution < 1.29 is 27.2 Å². The number of fused-ring (bicyclic) bond motifs is 1. The Kier molecular flexibility index (Phi) is 8.36. The van der Waals surface area contributed by atoms with Crippen LogP contribution in [0.4, 0.5) is 24.8 Å². The first-order valence-electron chi connectivity index (χ1n) is 14.0. The van der Waals surface area contributed by atoms with Crippen LogP contribution in [-0.2, 0) is 28.7 Å². The Balaban J connectivity index is 1.65. The fraction of sp³-hybridized carbons (Fsp3) is 0.281. The number of hydrogen-bond donors (Lipinski definition) is 1. The molecular weight excluding hydrogens is 587 g/mol. The van der Waals surface area contributed by atoms with Crippen molar-refractivity contribution in [2.24, 2.45) is 0 Å². The SMILES string of the molecule is COC(=O)C1=C(C)N(c2cccc(C(F)(F)F)c2)c2n[nH]c(=O)n2[C@@H]1c1ccc(C#N)cc1CC[N+](C)(C)Cc1ccccn1. The fourth-order valence-corrected chi connectivity index (χ4v) is 5.67. The Morgan fingerprint density at radius 3 is 2.58 bits per heavy atom. The molecular formula is C32H31F3N7O3+. The number of nitrogens with zero attached hydrogens (tertiary/aromatic N) is 6. The van der Waals surface area contributed by atoms with Crippen LogP contribution >= 0.6 is 0 Å². The third-order valence-corrected chi connectivity index (χ3v) is 7.85. The van der Waals surface area contributed by atoms with Crippen molar-refractivity contribution in [3.63, 3.8) is 0 Å². The summed E-state index contributed by atoms with van der Waals surface area (Å²) in [6, 6.07) is 16.4. The maximum Gasteiger partial charge on any atom is 0.416 e. The molecule has 0 spiro atoms. The van der Waals surface area contributed by atoms with E-state index in [1.165, 1.54) is 28.7 Å². The number of allylic oxidation sites excluding steroid dienone is 1. The van der Waals surface area contributed by atoms with Crippen LogP contribution in [0.1, 0.15) is 40.9 Å². The van der Waals surface area contributed by atoms with Crippen LogP contribution in [0.25, 0.3) is 0 Å². The maximum atomic E-state index is 13.7. The molecule has 5 rings (SSSR count). The fourth-order valence-electron chi connectivity index (χ4n) is 5.67. The van der Waals surface area contributed by atoms with Crippen molar-refractivity contribution in [3.05, 3.63) is 117 Å². The molecule has 0 saturated heterocycles. The van der Waals surface area contributed by atoms with Crippen molar-refractivity contribution in [2.75, 3.05) is 32.6 Å². The number of esters is 1. The highest BCUT2D eigenvalue weighted by Crippen LogP contribution is 2.43. The lowest BCUT2D eigenvalue weighted by Gasteiger charge is -2.36. The Bertz CT molecular complexity index is 1870. The van der Waals surface area contributed by atoms with Crippen molar-refractivity contribution in [1.82, 2.24) is 19.7 Å². The zero-order valence-electron chi connectivity index (χ0n) is 25.1. The van der Waals surface area contributed by atoms with Gasteiger partial charge in [-0.3, -0.25) is 9.88 Å². The molecule has 13 heteroatoms. The number of benzene rings is 2. The normalized spacial score (nSPS) is 15.1. The van der Waals surface area contributed by atoms with Gasteiger partial charge in [-0.15, -0.1) is 5.10 Å². The van der Waals surface area contributed by atoms with Gasteiger partial charge in [-0.25, -0.2) is 19.3 Å². The number of quaternary nitrogens is 1. The maximum absolute atomic E-state index is 13.7. The number of rotatable bonds is 8. The van der Waals surface area contributed by atoms with Crippen LogP contribution in [-0.4, -0.2) is 58.0 Å². The molecule has 0 amide bonds. The average molecular weight is 619 g/mol. The molecule has 1 atom stereocenters. The number of aromatic nitrogens is 4. The smallest absolute Gasteiger partial charge is 0.416 e. The molecule has 1 N–H and O–H groups in total. The van der Waals surface area contributed by atoms with Gasteiger partial charge in [0.2, 0.25) is 5.95 Å². The minimum atomic E-state index is -4.62. The minimum Gasteiger partial charge on any atom is -0.466 e. The van der Waals surface area contributed by atoms with Crippen LogP contribution in [0.15, 0.2) is 82.9 Å². The number of nitrogens with one attached hydrogen (secondary N) is 1. The molecule has 0 aliphatic carbocycles. The minimum absolute atomic E-state index is 0.00366. The van der Waals surface area contributed by atoms with E-state index in [0.29, 0.717) is 40.7 Å². The van der Waals surface area contributed by atoms with Gasteiger partial charge in [0.15, 0.2) is 0 Å². The number of alkyl halides is 3. The molecule has 10 nitrogen and oxygen atoms in total. The largest absolute Gasteiger partial charge is 0.466 e. The first kappa shape index (κ1) is 31.2. The summed E-state index contributed by atoms with van der Waals surface area (Å²) in [5.74, 6) is -0.772. The third kappa shape index (κ3) is 6.23. The van der Waals surface area contributed by atoms with E-state index in [2.05, 4.69) is 35.3 Å². The van der Waals surface area contributed by atoms with E-state index in [1.807, 2.05) is 18.2 Å². The topological polar surface area (TPSA) is 117 Å². The first-order valence-corrected chi connectivity index (χ1v) is 14.0. The molecule has 232 valence electrons. The lowest BCUT2D eigenvalue weighted by Crippen LogP contribution is -2.41. The molecule has 0 saturated carbocycles. The monoisotopic (exact) mass is 618 g/mol. The van der Waals surface area contributed by atoms with Gasteiger partial charge in [0.05, 0.1) is 56.2 Å². The number of pyridine rings is 1. The number of H-pyrrole nitrogens is 1. The van der Waals surface area contributed by atoms with E-state index < -0.39 is 29.4 Å². The summed E-state index contributed by atoms with van der Waals surface area (Å²) in [6.45, 7) is 2.82. The Hall–Kier alpha value is -5.22. The van der Waals surface area contributed by atoms with Crippen LogP contribution in [0.5, 0.6) is 0 Å². The summed E-state index contributed by atoms with van der Waals surface area (Å²) in [7, 11) is 5.30. The molecule has 0 bridgehead atoms. The lowest BCUT2D eigenvalue weighted by molar-refractivity contribution is -0.903. The molecule has 45 heavy (non-hydrogen) atoms. The average Bonchev–Trinajstić information content (AvgIpc) is 3.39. The number of aromatic amines is 1. The van der Waals surface area contributed by atoms with E-state index in [4.69, 9.17) is 4.74 Å². The number of anilines is 2. The second-order valence-corrected chi connectivity index (χ2v) is 11.4. The van der Waals surface area contributed by atoms with E-state index in [-0.39, 0.29) is 22.9 Å². The van der Waals surface area contributed by atoms with Gasteiger partial charge in [-0.2, -0.15) is 18.4 Å². The molecule has 4 aromatic rings. The molecule has 1 aliphatic rings. The molecule has 1 aliphatic heterocycles. The second kappa shape index (κ2) is 12.0. The van der Waals surface area contributed by atoms with Crippen LogP contribution < -0.4 is 10.6 Å². The van der Waals surface area contributed by atoms with E-state index in [1.54, 1.807) is 31.3 Å². The summed E-state index contributed by atoms with van der Waals surface area (Å²) in [5.41, 5.74) is 1.32. The van der Waals surface area contributed by atoms with E-state index in [9.17, 15) is 28.0 Å². The summed E-state index contributed by atoms with van der Waals surface area (Å²) in [4.78, 5) is 32.6.